The molecule has 0 aliphatic heterocycles. The van der Waals surface area contributed by atoms with Crippen molar-refractivity contribution in [1.82, 2.24) is 10.1 Å². The van der Waals surface area contributed by atoms with Gasteiger partial charge in [0.15, 0.2) is 0 Å². The Kier molecular flexibility index (Phi) is 2.98. The number of ether oxygens (including phenoxy) is 1. The van der Waals surface area contributed by atoms with Gasteiger partial charge in [-0.25, -0.2) is 0 Å². The highest BCUT2D eigenvalue weighted by atomic mass is 16.5. The predicted octanol–water partition coefficient (Wildman–Crippen LogP) is 2.39. The molecule has 1 aliphatic rings. The van der Waals surface area contributed by atoms with Gasteiger partial charge in [0.1, 0.15) is 11.4 Å². The van der Waals surface area contributed by atoms with Crippen LogP contribution in [0.1, 0.15) is 36.5 Å². The molecule has 5 nitrogen and oxygen atoms in total. The fraction of sp³-hybridized carbons (Fsp3) is 0.429. The second kappa shape index (κ2) is 4.66. The molecule has 1 saturated carbocycles. The van der Waals surface area contributed by atoms with Crippen LogP contribution < -0.4 is 0 Å². The SMILES string of the molecule is COC1(c2noc(Cc3ccc(O)cc3)n2)CCC1. The van der Waals surface area contributed by atoms with Crippen molar-refractivity contribution in [3.63, 3.8) is 0 Å². The topological polar surface area (TPSA) is 68.4 Å². The number of benzene rings is 1. The van der Waals surface area contributed by atoms with E-state index in [0.29, 0.717) is 18.1 Å². The number of phenols is 1. The highest BCUT2D eigenvalue weighted by molar-refractivity contribution is 5.27. The minimum absolute atomic E-state index is 0.253. The van der Waals surface area contributed by atoms with Crippen molar-refractivity contribution in [2.24, 2.45) is 0 Å². The average Bonchev–Trinajstić information content (AvgIpc) is 2.81. The maximum atomic E-state index is 9.24. The lowest BCUT2D eigenvalue weighted by Gasteiger charge is -2.37. The maximum absolute atomic E-state index is 9.24. The van der Waals surface area contributed by atoms with Crippen LogP contribution in [0.25, 0.3) is 0 Å². The Balaban J connectivity index is 1.76. The van der Waals surface area contributed by atoms with E-state index in [1.807, 2.05) is 12.1 Å². The van der Waals surface area contributed by atoms with E-state index in [1.165, 1.54) is 0 Å². The van der Waals surface area contributed by atoms with Crippen LogP contribution in [-0.4, -0.2) is 22.4 Å². The lowest BCUT2D eigenvalue weighted by molar-refractivity contribution is -0.0858. The van der Waals surface area contributed by atoms with Crippen molar-refractivity contribution in [3.05, 3.63) is 41.5 Å². The molecule has 2 aromatic rings. The van der Waals surface area contributed by atoms with E-state index < -0.39 is 0 Å². The van der Waals surface area contributed by atoms with Crippen molar-refractivity contribution in [2.45, 2.75) is 31.3 Å². The van der Waals surface area contributed by atoms with Gasteiger partial charge in [-0.15, -0.1) is 0 Å². The summed E-state index contributed by atoms with van der Waals surface area (Å²) in [5, 5.41) is 13.3. The summed E-state index contributed by atoms with van der Waals surface area (Å²) in [4.78, 5) is 4.43. The fourth-order valence-electron chi connectivity index (χ4n) is 2.32. The van der Waals surface area contributed by atoms with E-state index in [4.69, 9.17) is 9.26 Å². The third-order valence-corrected chi connectivity index (χ3v) is 3.72. The number of aromatic hydroxyl groups is 1. The molecule has 1 aromatic heterocycles. The number of rotatable bonds is 4. The Morgan fingerprint density at radius 3 is 2.63 bits per heavy atom. The molecule has 100 valence electrons. The lowest BCUT2D eigenvalue weighted by Crippen LogP contribution is -2.37. The highest BCUT2D eigenvalue weighted by Gasteiger charge is 2.43. The van der Waals surface area contributed by atoms with Gasteiger partial charge in [0.05, 0.1) is 6.42 Å². The van der Waals surface area contributed by atoms with Gasteiger partial charge in [0, 0.05) is 7.11 Å². The quantitative estimate of drug-likeness (QED) is 0.914. The molecule has 1 aromatic carbocycles. The smallest absolute Gasteiger partial charge is 0.231 e. The van der Waals surface area contributed by atoms with Gasteiger partial charge in [-0.3, -0.25) is 0 Å². The highest BCUT2D eigenvalue weighted by Crippen LogP contribution is 2.42. The first kappa shape index (κ1) is 12.2. The monoisotopic (exact) mass is 260 g/mol. The van der Waals surface area contributed by atoms with Crippen LogP contribution in [0.3, 0.4) is 0 Å². The average molecular weight is 260 g/mol. The Morgan fingerprint density at radius 2 is 2.05 bits per heavy atom. The van der Waals surface area contributed by atoms with Crippen LogP contribution in [0.2, 0.25) is 0 Å². The van der Waals surface area contributed by atoms with Crippen molar-refractivity contribution in [2.75, 3.05) is 7.11 Å². The Morgan fingerprint density at radius 1 is 1.32 bits per heavy atom. The van der Waals surface area contributed by atoms with Crippen molar-refractivity contribution < 1.29 is 14.4 Å². The van der Waals surface area contributed by atoms with Gasteiger partial charge >= 0.3 is 0 Å². The second-order valence-electron chi connectivity index (χ2n) is 4.91. The zero-order chi connectivity index (χ0) is 13.3. The summed E-state index contributed by atoms with van der Waals surface area (Å²) < 4.78 is 10.8. The summed E-state index contributed by atoms with van der Waals surface area (Å²) in [6, 6.07) is 6.98. The summed E-state index contributed by atoms with van der Waals surface area (Å²) >= 11 is 0. The number of nitrogens with zero attached hydrogens (tertiary/aromatic N) is 2. The molecular formula is C14H16N2O3. The first-order valence-corrected chi connectivity index (χ1v) is 6.38. The molecule has 0 atom stereocenters. The van der Waals surface area contributed by atoms with Crippen LogP contribution in [0.5, 0.6) is 5.75 Å². The van der Waals surface area contributed by atoms with Crippen LogP contribution in [0, 0.1) is 0 Å². The number of aromatic nitrogens is 2. The van der Waals surface area contributed by atoms with Crippen LogP contribution >= 0.6 is 0 Å². The fourth-order valence-corrected chi connectivity index (χ4v) is 2.32. The predicted molar refractivity (Wildman–Crippen MR) is 67.7 cm³/mol. The van der Waals surface area contributed by atoms with Crippen LogP contribution in [0.4, 0.5) is 0 Å². The van der Waals surface area contributed by atoms with E-state index >= 15 is 0 Å². The standard InChI is InChI=1S/C14H16N2O3/c1-18-14(7-2-8-14)13-15-12(19-16-13)9-10-3-5-11(17)6-4-10/h3-6,17H,2,7-9H2,1H3. The van der Waals surface area contributed by atoms with Crippen LogP contribution in [0.15, 0.2) is 28.8 Å². The van der Waals surface area contributed by atoms with Gasteiger partial charge in [-0.1, -0.05) is 17.3 Å². The van der Waals surface area contributed by atoms with Gasteiger partial charge in [-0.2, -0.15) is 4.98 Å². The largest absolute Gasteiger partial charge is 0.508 e. The molecule has 1 heterocycles. The van der Waals surface area contributed by atoms with Crippen LogP contribution in [-0.2, 0) is 16.8 Å². The summed E-state index contributed by atoms with van der Waals surface area (Å²) in [6.45, 7) is 0. The van der Waals surface area contributed by atoms with Crippen molar-refractivity contribution in [3.8, 4) is 5.75 Å². The summed E-state index contributed by atoms with van der Waals surface area (Å²) in [6.07, 6.45) is 3.59. The number of phenolic OH excluding ortho intramolecular Hbond substituents is 1. The third-order valence-electron chi connectivity index (χ3n) is 3.72. The molecule has 0 radical (unpaired) electrons. The zero-order valence-electron chi connectivity index (χ0n) is 10.8. The molecule has 0 bridgehead atoms. The first-order valence-electron chi connectivity index (χ1n) is 6.38. The molecule has 1 fully saturated rings. The summed E-state index contributed by atoms with van der Waals surface area (Å²) in [5.74, 6) is 1.47. The van der Waals surface area contributed by atoms with Gasteiger partial charge in [0.25, 0.3) is 0 Å². The van der Waals surface area contributed by atoms with E-state index in [1.54, 1.807) is 19.2 Å². The van der Waals surface area contributed by atoms with E-state index in [9.17, 15) is 5.11 Å². The molecule has 3 rings (SSSR count). The van der Waals surface area contributed by atoms with E-state index in [0.717, 1.165) is 24.8 Å². The molecule has 19 heavy (non-hydrogen) atoms. The minimum Gasteiger partial charge on any atom is -0.508 e. The first-order chi connectivity index (χ1) is 9.22. The van der Waals surface area contributed by atoms with E-state index in [-0.39, 0.29) is 11.4 Å². The van der Waals surface area contributed by atoms with Gasteiger partial charge in [0.2, 0.25) is 11.7 Å². The Bertz CT molecular complexity index is 553. The number of hydrogen-bond donors (Lipinski definition) is 1. The maximum Gasteiger partial charge on any atom is 0.231 e. The van der Waals surface area contributed by atoms with Gasteiger partial charge < -0.3 is 14.4 Å². The summed E-state index contributed by atoms with van der Waals surface area (Å²) in [7, 11) is 1.69. The molecule has 0 amide bonds. The molecule has 5 heteroatoms. The lowest BCUT2D eigenvalue weighted by atomic mass is 9.79. The summed E-state index contributed by atoms with van der Waals surface area (Å²) in [5.41, 5.74) is 0.685. The Labute approximate surface area is 111 Å². The number of methoxy groups -OCH3 is 1. The van der Waals surface area contributed by atoms with Crippen molar-refractivity contribution >= 4 is 0 Å². The molecule has 0 unspecified atom stereocenters. The minimum atomic E-state index is -0.337. The van der Waals surface area contributed by atoms with Crippen molar-refractivity contribution in [1.29, 1.82) is 0 Å². The second-order valence-corrected chi connectivity index (χ2v) is 4.91. The molecule has 1 N–H and O–H groups in total. The van der Waals surface area contributed by atoms with Gasteiger partial charge in [-0.05, 0) is 37.0 Å². The normalized spacial score (nSPS) is 17.1. The number of hydrogen-bond acceptors (Lipinski definition) is 5. The molecule has 1 aliphatic carbocycles. The Hall–Kier alpha value is -1.88. The third kappa shape index (κ3) is 2.21. The van der Waals surface area contributed by atoms with E-state index in [2.05, 4.69) is 10.1 Å². The molecule has 0 saturated heterocycles. The zero-order valence-corrected chi connectivity index (χ0v) is 10.8. The molecule has 0 spiro atoms. The molecular weight excluding hydrogens is 244 g/mol.